The Morgan fingerprint density at radius 2 is 1.85 bits per heavy atom. The van der Waals surface area contributed by atoms with E-state index in [1.54, 1.807) is 24.2 Å². The van der Waals surface area contributed by atoms with Crippen LogP contribution in [0.4, 0.5) is 0 Å². The summed E-state index contributed by atoms with van der Waals surface area (Å²) in [5.41, 5.74) is 3.17. The summed E-state index contributed by atoms with van der Waals surface area (Å²) in [5.74, 6) is 0.703. The molecule has 3 rings (SSSR count). The number of carbonyl (C=O) groups excluding carboxylic acids is 1. The predicted molar refractivity (Wildman–Crippen MR) is 101 cm³/mol. The first-order valence-electron chi connectivity index (χ1n) is 8.68. The molecule has 1 N–H and O–H groups in total. The lowest BCUT2D eigenvalue weighted by atomic mass is 10.1. The molecule has 2 heterocycles. The van der Waals surface area contributed by atoms with E-state index in [1.807, 2.05) is 57.2 Å². The minimum Gasteiger partial charge on any atom is -0.332 e. The van der Waals surface area contributed by atoms with Crippen molar-refractivity contribution in [3.8, 4) is 11.3 Å². The number of benzene rings is 1. The van der Waals surface area contributed by atoms with E-state index >= 15 is 0 Å². The highest BCUT2D eigenvalue weighted by Crippen LogP contribution is 2.24. The van der Waals surface area contributed by atoms with Gasteiger partial charge in [0.05, 0.1) is 17.4 Å². The molecular weight excluding hydrogens is 326 g/mol. The molecule has 134 valence electrons. The molecule has 2 aromatic heterocycles. The average Bonchev–Trinajstić information content (AvgIpc) is 3.17. The highest BCUT2D eigenvalue weighted by Gasteiger charge is 2.22. The van der Waals surface area contributed by atoms with E-state index < -0.39 is 0 Å². The van der Waals surface area contributed by atoms with Crippen LogP contribution in [0.15, 0.2) is 48.7 Å². The van der Waals surface area contributed by atoms with Crippen LogP contribution in [-0.4, -0.2) is 38.0 Å². The Morgan fingerprint density at radius 1 is 1.12 bits per heavy atom. The molecule has 1 amide bonds. The van der Waals surface area contributed by atoms with Crippen LogP contribution in [0.25, 0.3) is 11.3 Å². The number of rotatable bonds is 5. The number of hydrogen-bond acceptors (Lipinski definition) is 4. The molecule has 3 aromatic rings. The zero-order valence-corrected chi connectivity index (χ0v) is 15.5. The van der Waals surface area contributed by atoms with Crippen LogP contribution < -0.4 is 0 Å². The second-order valence-electron chi connectivity index (χ2n) is 6.62. The van der Waals surface area contributed by atoms with E-state index in [9.17, 15) is 4.79 Å². The smallest absolute Gasteiger partial charge is 0.272 e. The summed E-state index contributed by atoms with van der Waals surface area (Å²) < 4.78 is 0. The van der Waals surface area contributed by atoms with Crippen molar-refractivity contribution in [3.05, 3.63) is 65.9 Å². The van der Waals surface area contributed by atoms with Crippen molar-refractivity contribution >= 4 is 5.91 Å². The zero-order valence-electron chi connectivity index (χ0n) is 15.5. The van der Waals surface area contributed by atoms with Gasteiger partial charge in [0, 0.05) is 24.7 Å². The summed E-state index contributed by atoms with van der Waals surface area (Å²) in [6.45, 7) is 5.97. The van der Waals surface area contributed by atoms with E-state index in [1.165, 1.54) is 0 Å². The summed E-state index contributed by atoms with van der Waals surface area (Å²) in [6, 6.07) is 13.4. The molecule has 0 saturated heterocycles. The molecule has 0 spiro atoms. The summed E-state index contributed by atoms with van der Waals surface area (Å²) in [5, 5.41) is 7.41. The Morgan fingerprint density at radius 3 is 2.54 bits per heavy atom. The third-order valence-corrected chi connectivity index (χ3v) is 4.43. The van der Waals surface area contributed by atoms with E-state index in [0.717, 1.165) is 17.0 Å². The second kappa shape index (κ2) is 7.47. The van der Waals surface area contributed by atoms with Crippen molar-refractivity contribution < 1.29 is 4.79 Å². The first-order chi connectivity index (χ1) is 12.5. The third-order valence-electron chi connectivity index (χ3n) is 4.43. The van der Waals surface area contributed by atoms with Gasteiger partial charge in [-0.3, -0.25) is 9.89 Å². The number of H-pyrrole nitrogens is 1. The highest BCUT2D eigenvalue weighted by molar-refractivity contribution is 5.92. The average molecular weight is 349 g/mol. The van der Waals surface area contributed by atoms with Crippen LogP contribution in [-0.2, 0) is 0 Å². The lowest BCUT2D eigenvalue weighted by molar-refractivity contribution is 0.0733. The van der Waals surface area contributed by atoms with Crippen LogP contribution in [0.1, 0.15) is 54.7 Å². The Bertz CT molecular complexity index is 888. The Labute approximate surface area is 153 Å². The van der Waals surface area contributed by atoms with Crippen molar-refractivity contribution in [2.24, 2.45) is 0 Å². The summed E-state index contributed by atoms with van der Waals surface area (Å²) in [6.07, 6.45) is 1.64. The van der Waals surface area contributed by atoms with Crippen LogP contribution >= 0.6 is 0 Å². The Balaban J connectivity index is 1.79. The molecule has 0 aliphatic heterocycles. The molecule has 0 bridgehead atoms. The van der Waals surface area contributed by atoms with Gasteiger partial charge in [0.25, 0.3) is 5.91 Å². The number of amides is 1. The molecule has 0 radical (unpaired) electrons. The van der Waals surface area contributed by atoms with Gasteiger partial charge in [-0.2, -0.15) is 5.10 Å². The van der Waals surface area contributed by atoms with Crippen LogP contribution in [0.2, 0.25) is 0 Å². The van der Waals surface area contributed by atoms with Gasteiger partial charge in [-0.15, -0.1) is 0 Å². The van der Waals surface area contributed by atoms with Crippen LogP contribution in [0, 0.1) is 0 Å². The molecule has 1 atom stereocenters. The van der Waals surface area contributed by atoms with Gasteiger partial charge < -0.3 is 4.90 Å². The number of nitrogens with zero attached hydrogens (tertiary/aromatic N) is 4. The van der Waals surface area contributed by atoms with Gasteiger partial charge >= 0.3 is 0 Å². The molecule has 0 aliphatic carbocycles. The minimum atomic E-state index is -0.162. The molecule has 0 fully saturated rings. The van der Waals surface area contributed by atoms with Gasteiger partial charge in [-0.1, -0.05) is 44.2 Å². The minimum absolute atomic E-state index is 0.141. The first kappa shape index (κ1) is 17.8. The van der Waals surface area contributed by atoms with Gasteiger partial charge in [0.2, 0.25) is 0 Å². The van der Waals surface area contributed by atoms with E-state index in [-0.39, 0.29) is 17.9 Å². The van der Waals surface area contributed by atoms with E-state index in [2.05, 4.69) is 20.2 Å². The molecular formula is C20H23N5O. The molecule has 0 unspecified atom stereocenters. The topological polar surface area (TPSA) is 74.8 Å². The second-order valence-corrected chi connectivity index (χ2v) is 6.62. The maximum absolute atomic E-state index is 12.8. The number of nitrogens with one attached hydrogen (secondary N) is 1. The normalized spacial score (nSPS) is 12.2. The number of aromatic nitrogens is 4. The Kier molecular flexibility index (Phi) is 5.11. The summed E-state index contributed by atoms with van der Waals surface area (Å²) >= 11 is 0. The maximum Gasteiger partial charge on any atom is 0.272 e. The zero-order chi connectivity index (χ0) is 18.7. The molecule has 26 heavy (non-hydrogen) atoms. The quantitative estimate of drug-likeness (QED) is 0.760. The molecule has 1 aromatic carbocycles. The number of carbonyl (C=O) groups is 1. The molecule has 0 saturated carbocycles. The van der Waals surface area contributed by atoms with Gasteiger partial charge in [0.15, 0.2) is 0 Å². The predicted octanol–water partition coefficient (Wildman–Crippen LogP) is 3.82. The van der Waals surface area contributed by atoms with Crippen molar-refractivity contribution in [1.82, 2.24) is 25.1 Å². The van der Waals surface area contributed by atoms with Crippen LogP contribution in [0.3, 0.4) is 0 Å². The highest BCUT2D eigenvalue weighted by atomic mass is 16.2. The monoisotopic (exact) mass is 349 g/mol. The lowest BCUT2D eigenvalue weighted by Gasteiger charge is -2.23. The van der Waals surface area contributed by atoms with Crippen molar-refractivity contribution in [3.63, 3.8) is 0 Å². The van der Waals surface area contributed by atoms with E-state index in [0.29, 0.717) is 11.5 Å². The SMILES string of the molecule is CC(C)c1nccc(C(=O)N(C)[C@H](C)c2cc(-c3ccccc3)n[nH]2)n1. The fraction of sp³-hybridized carbons (Fsp3) is 0.300. The standard InChI is InChI=1S/C20H23N5O/c1-13(2)19-21-11-10-16(22-19)20(26)25(4)14(3)17-12-18(24-23-17)15-8-6-5-7-9-15/h5-14H,1-4H3,(H,23,24)/t14-/m1/s1. The third kappa shape index (κ3) is 3.64. The van der Waals surface area contributed by atoms with Crippen molar-refractivity contribution in [2.75, 3.05) is 7.05 Å². The lowest BCUT2D eigenvalue weighted by Crippen LogP contribution is -2.30. The fourth-order valence-electron chi connectivity index (χ4n) is 2.64. The van der Waals surface area contributed by atoms with Gasteiger partial charge in [-0.05, 0) is 19.1 Å². The molecule has 6 heteroatoms. The molecule has 0 aliphatic rings. The summed E-state index contributed by atoms with van der Waals surface area (Å²) in [4.78, 5) is 23.1. The van der Waals surface area contributed by atoms with Crippen molar-refractivity contribution in [1.29, 1.82) is 0 Å². The van der Waals surface area contributed by atoms with Gasteiger partial charge in [0.1, 0.15) is 11.5 Å². The van der Waals surface area contributed by atoms with Crippen LogP contribution in [0.5, 0.6) is 0 Å². The fourth-order valence-corrected chi connectivity index (χ4v) is 2.64. The maximum atomic E-state index is 12.8. The molecule has 6 nitrogen and oxygen atoms in total. The van der Waals surface area contributed by atoms with Crippen molar-refractivity contribution in [2.45, 2.75) is 32.7 Å². The number of aromatic amines is 1. The van der Waals surface area contributed by atoms with E-state index in [4.69, 9.17) is 0 Å². The Hall–Kier alpha value is -3.02. The largest absolute Gasteiger partial charge is 0.332 e. The summed E-state index contributed by atoms with van der Waals surface area (Å²) in [7, 11) is 1.77. The first-order valence-corrected chi connectivity index (χ1v) is 8.68. The van der Waals surface area contributed by atoms with Gasteiger partial charge in [-0.25, -0.2) is 9.97 Å². The number of hydrogen-bond donors (Lipinski definition) is 1.